The van der Waals surface area contributed by atoms with Crippen LogP contribution in [0.2, 0.25) is 0 Å². The van der Waals surface area contributed by atoms with Crippen LogP contribution >= 0.6 is 11.8 Å². The van der Waals surface area contributed by atoms with Crippen molar-refractivity contribution in [1.82, 2.24) is 0 Å². The SMILES string of the molecule is CC1SCCCC1(N)CO. The van der Waals surface area contributed by atoms with Crippen LogP contribution in [0.25, 0.3) is 0 Å². The molecule has 0 saturated carbocycles. The maximum absolute atomic E-state index is 8.98. The molecule has 1 rings (SSSR count). The number of nitrogens with two attached hydrogens (primary N) is 1. The summed E-state index contributed by atoms with van der Waals surface area (Å²) in [6, 6.07) is 0. The summed E-state index contributed by atoms with van der Waals surface area (Å²) in [5, 5.41) is 9.39. The van der Waals surface area contributed by atoms with Crippen molar-refractivity contribution in [3.05, 3.63) is 0 Å². The minimum absolute atomic E-state index is 0.126. The van der Waals surface area contributed by atoms with Gasteiger partial charge >= 0.3 is 0 Å². The molecule has 0 aromatic heterocycles. The number of aliphatic hydroxyl groups is 1. The third-order valence-electron chi connectivity index (χ3n) is 2.26. The van der Waals surface area contributed by atoms with E-state index in [2.05, 4.69) is 6.92 Å². The highest BCUT2D eigenvalue weighted by molar-refractivity contribution is 8.00. The van der Waals surface area contributed by atoms with Crippen LogP contribution in [0.3, 0.4) is 0 Å². The summed E-state index contributed by atoms with van der Waals surface area (Å²) >= 11 is 1.86. The molecule has 0 bridgehead atoms. The monoisotopic (exact) mass is 161 g/mol. The molecule has 2 atom stereocenters. The second-order valence-electron chi connectivity index (χ2n) is 3.01. The summed E-state index contributed by atoms with van der Waals surface area (Å²) in [4.78, 5) is 0. The smallest absolute Gasteiger partial charge is 0.0622 e. The van der Waals surface area contributed by atoms with Crippen LogP contribution in [-0.4, -0.2) is 28.3 Å². The fourth-order valence-electron chi connectivity index (χ4n) is 1.24. The zero-order chi connectivity index (χ0) is 7.61. The Bertz CT molecular complexity index is 120. The molecule has 1 saturated heterocycles. The van der Waals surface area contributed by atoms with E-state index in [1.54, 1.807) is 0 Å². The van der Waals surface area contributed by atoms with E-state index in [-0.39, 0.29) is 12.1 Å². The van der Waals surface area contributed by atoms with Gasteiger partial charge in [-0.2, -0.15) is 11.8 Å². The lowest BCUT2D eigenvalue weighted by Gasteiger charge is -2.37. The van der Waals surface area contributed by atoms with Crippen molar-refractivity contribution < 1.29 is 5.11 Å². The van der Waals surface area contributed by atoms with Gasteiger partial charge in [-0.05, 0) is 18.6 Å². The summed E-state index contributed by atoms with van der Waals surface area (Å²) < 4.78 is 0. The van der Waals surface area contributed by atoms with E-state index in [0.29, 0.717) is 5.25 Å². The van der Waals surface area contributed by atoms with Gasteiger partial charge in [0.15, 0.2) is 0 Å². The number of rotatable bonds is 1. The molecule has 0 spiro atoms. The Morgan fingerprint density at radius 1 is 1.80 bits per heavy atom. The van der Waals surface area contributed by atoms with Crippen LogP contribution in [0.5, 0.6) is 0 Å². The van der Waals surface area contributed by atoms with E-state index in [1.807, 2.05) is 11.8 Å². The second kappa shape index (κ2) is 3.11. The highest BCUT2D eigenvalue weighted by Gasteiger charge is 2.33. The van der Waals surface area contributed by atoms with E-state index in [9.17, 15) is 0 Å². The van der Waals surface area contributed by atoms with Gasteiger partial charge in [0.25, 0.3) is 0 Å². The molecule has 1 heterocycles. The quantitative estimate of drug-likeness (QED) is 0.592. The van der Waals surface area contributed by atoms with E-state index in [4.69, 9.17) is 10.8 Å². The van der Waals surface area contributed by atoms with Crippen LogP contribution < -0.4 is 5.73 Å². The van der Waals surface area contributed by atoms with Gasteiger partial charge in [0.05, 0.1) is 12.1 Å². The van der Waals surface area contributed by atoms with Gasteiger partial charge < -0.3 is 10.8 Å². The predicted molar refractivity (Wildman–Crippen MR) is 45.2 cm³/mol. The van der Waals surface area contributed by atoms with Gasteiger partial charge in [0.2, 0.25) is 0 Å². The largest absolute Gasteiger partial charge is 0.394 e. The lowest BCUT2D eigenvalue weighted by molar-refractivity contribution is 0.183. The molecule has 2 unspecified atom stereocenters. The van der Waals surface area contributed by atoms with Gasteiger partial charge in [-0.1, -0.05) is 6.92 Å². The summed E-state index contributed by atoms with van der Waals surface area (Å²) in [6.07, 6.45) is 2.11. The number of aliphatic hydroxyl groups excluding tert-OH is 1. The Balaban J connectivity index is 2.54. The van der Waals surface area contributed by atoms with Gasteiger partial charge in [-0.25, -0.2) is 0 Å². The Morgan fingerprint density at radius 3 is 2.90 bits per heavy atom. The molecule has 10 heavy (non-hydrogen) atoms. The summed E-state index contributed by atoms with van der Waals surface area (Å²) in [6.45, 7) is 2.22. The van der Waals surface area contributed by atoms with Crippen molar-refractivity contribution in [3.63, 3.8) is 0 Å². The van der Waals surface area contributed by atoms with E-state index in [0.717, 1.165) is 12.8 Å². The third-order valence-corrected chi connectivity index (χ3v) is 3.75. The van der Waals surface area contributed by atoms with Crippen molar-refractivity contribution in [2.75, 3.05) is 12.4 Å². The van der Waals surface area contributed by atoms with Gasteiger partial charge in [0.1, 0.15) is 0 Å². The highest BCUT2D eigenvalue weighted by Crippen LogP contribution is 2.31. The number of hydrogen-bond donors (Lipinski definition) is 2. The molecule has 1 aliphatic rings. The Morgan fingerprint density at radius 2 is 2.50 bits per heavy atom. The lowest BCUT2D eigenvalue weighted by Crippen LogP contribution is -2.53. The minimum Gasteiger partial charge on any atom is -0.394 e. The van der Waals surface area contributed by atoms with Gasteiger partial charge in [-0.3, -0.25) is 0 Å². The van der Waals surface area contributed by atoms with Gasteiger partial charge in [0, 0.05) is 5.25 Å². The molecule has 0 aromatic rings. The maximum atomic E-state index is 8.98. The zero-order valence-electron chi connectivity index (χ0n) is 6.34. The van der Waals surface area contributed by atoms with Crippen LogP contribution in [0, 0.1) is 0 Å². The molecule has 0 aliphatic carbocycles. The molecule has 3 N–H and O–H groups in total. The summed E-state index contributed by atoms with van der Waals surface area (Å²) in [5.74, 6) is 1.19. The topological polar surface area (TPSA) is 46.2 Å². The van der Waals surface area contributed by atoms with Crippen molar-refractivity contribution in [2.24, 2.45) is 5.73 Å². The fourth-order valence-corrected chi connectivity index (χ4v) is 2.43. The Labute approximate surface area is 66.2 Å². The maximum Gasteiger partial charge on any atom is 0.0622 e. The van der Waals surface area contributed by atoms with Crippen molar-refractivity contribution in [2.45, 2.75) is 30.6 Å². The van der Waals surface area contributed by atoms with E-state index < -0.39 is 0 Å². The van der Waals surface area contributed by atoms with Crippen LogP contribution in [0.4, 0.5) is 0 Å². The zero-order valence-corrected chi connectivity index (χ0v) is 7.16. The first-order chi connectivity index (χ1) is 4.69. The van der Waals surface area contributed by atoms with Crippen LogP contribution in [-0.2, 0) is 0 Å². The van der Waals surface area contributed by atoms with Crippen molar-refractivity contribution in [3.8, 4) is 0 Å². The first-order valence-electron chi connectivity index (χ1n) is 3.70. The lowest BCUT2D eigenvalue weighted by atomic mass is 9.92. The second-order valence-corrected chi connectivity index (χ2v) is 4.46. The number of hydrogen-bond acceptors (Lipinski definition) is 3. The fraction of sp³-hybridized carbons (Fsp3) is 1.00. The Kier molecular flexibility index (Phi) is 2.61. The highest BCUT2D eigenvalue weighted by atomic mass is 32.2. The predicted octanol–water partition coefficient (Wildman–Crippen LogP) is 0.592. The summed E-state index contributed by atoms with van der Waals surface area (Å²) in [5.41, 5.74) is 5.63. The number of thioether (sulfide) groups is 1. The van der Waals surface area contributed by atoms with E-state index >= 15 is 0 Å². The molecule has 0 amide bonds. The molecule has 60 valence electrons. The average molecular weight is 161 g/mol. The van der Waals surface area contributed by atoms with Crippen molar-refractivity contribution in [1.29, 1.82) is 0 Å². The molecule has 3 heteroatoms. The summed E-state index contributed by atoms with van der Waals surface area (Å²) in [7, 11) is 0. The van der Waals surface area contributed by atoms with Gasteiger partial charge in [-0.15, -0.1) is 0 Å². The van der Waals surface area contributed by atoms with Crippen LogP contribution in [0.1, 0.15) is 19.8 Å². The first kappa shape index (κ1) is 8.37. The molecule has 0 radical (unpaired) electrons. The molecular weight excluding hydrogens is 146 g/mol. The standard InChI is InChI=1S/C7H15NOS/c1-6-7(8,5-9)3-2-4-10-6/h6,9H,2-5,8H2,1H3. The molecule has 0 aromatic carbocycles. The molecule has 2 nitrogen and oxygen atoms in total. The minimum atomic E-state index is -0.303. The molecular formula is C7H15NOS. The molecule has 1 aliphatic heterocycles. The Hall–Kier alpha value is 0.270. The molecule has 1 fully saturated rings. The average Bonchev–Trinajstić information content (AvgIpc) is 1.96. The first-order valence-corrected chi connectivity index (χ1v) is 4.75. The third kappa shape index (κ3) is 1.47. The normalized spacial score (nSPS) is 41.7. The van der Waals surface area contributed by atoms with E-state index in [1.165, 1.54) is 5.75 Å². The van der Waals surface area contributed by atoms with Crippen LogP contribution in [0.15, 0.2) is 0 Å². The van der Waals surface area contributed by atoms with Crippen molar-refractivity contribution >= 4 is 11.8 Å².